The molecule has 2 aromatic carbocycles. The third-order valence-electron chi connectivity index (χ3n) is 3.19. The molecule has 98 valence electrons. The van der Waals surface area contributed by atoms with Gasteiger partial charge in [0.1, 0.15) is 0 Å². The minimum Gasteiger partial charge on any atom is -0.398 e. The van der Waals surface area contributed by atoms with Gasteiger partial charge >= 0.3 is 0 Å². The molecule has 0 atom stereocenters. The van der Waals surface area contributed by atoms with Crippen LogP contribution in [0.5, 0.6) is 0 Å². The van der Waals surface area contributed by atoms with Crippen LogP contribution in [0.4, 0.5) is 5.69 Å². The summed E-state index contributed by atoms with van der Waals surface area (Å²) in [5, 5.41) is 2.91. The Balaban J connectivity index is 2.05. The third-order valence-corrected chi connectivity index (χ3v) is 3.19. The first-order valence-corrected chi connectivity index (χ1v) is 6.27. The topological polar surface area (TPSA) is 55.1 Å². The van der Waals surface area contributed by atoms with Crippen LogP contribution >= 0.6 is 0 Å². The molecule has 0 heterocycles. The van der Waals surface area contributed by atoms with Crippen LogP contribution in [0, 0.1) is 13.8 Å². The molecule has 3 N–H and O–H groups in total. The Morgan fingerprint density at radius 3 is 2.47 bits per heavy atom. The molecule has 3 nitrogen and oxygen atoms in total. The number of nitrogens with one attached hydrogen (secondary N) is 1. The highest BCUT2D eigenvalue weighted by Gasteiger charge is 2.09. The predicted octanol–water partition coefficient (Wildman–Crippen LogP) is 2.82. The summed E-state index contributed by atoms with van der Waals surface area (Å²) in [6.07, 6.45) is 0. The second kappa shape index (κ2) is 5.57. The van der Waals surface area contributed by atoms with Gasteiger partial charge in [-0.2, -0.15) is 0 Å². The number of benzene rings is 2. The minimum absolute atomic E-state index is 0.0922. The van der Waals surface area contributed by atoms with Gasteiger partial charge in [0.25, 0.3) is 5.91 Å². The highest BCUT2D eigenvalue weighted by Crippen LogP contribution is 2.15. The first-order valence-electron chi connectivity index (χ1n) is 6.27. The Hall–Kier alpha value is -2.29. The largest absolute Gasteiger partial charge is 0.398 e. The van der Waals surface area contributed by atoms with Gasteiger partial charge in [-0.05, 0) is 37.1 Å². The van der Waals surface area contributed by atoms with E-state index in [1.54, 1.807) is 18.2 Å². The summed E-state index contributed by atoms with van der Waals surface area (Å²) in [6, 6.07) is 13.5. The minimum atomic E-state index is -0.0922. The van der Waals surface area contributed by atoms with E-state index < -0.39 is 0 Å². The summed E-state index contributed by atoms with van der Waals surface area (Å²) in [5.41, 5.74) is 10.2. The number of rotatable bonds is 3. The summed E-state index contributed by atoms with van der Waals surface area (Å²) in [4.78, 5) is 12.1. The van der Waals surface area contributed by atoms with Crippen molar-refractivity contribution in [1.82, 2.24) is 5.32 Å². The Labute approximate surface area is 113 Å². The summed E-state index contributed by atoms with van der Waals surface area (Å²) < 4.78 is 0. The van der Waals surface area contributed by atoms with E-state index >= 15 is 0 Å². The molecule has 0 saturated carbocycles. The number of hydrogen-bond acceptors (Lipinski definition) is 2. The fourth-order valence-corrected chi connectivity index (χ4v) is 1.88. The summed E-state index contributed by atoms with van der Waals surface area (Å²) in [5.74, 6) is -0.0922. The molecule has 0 aliphatic heterocycles. The van der Waals surface area contributed by atoms with Crippen LogP contribution in [0.15, 0.2) is 42.5 Å². The van der Waals surface area contributed by atoms with Gasteiger partial charge in [-0.1, -0.05) is 35.9 Å². The van der Waals surface area contributed by atoms with Crippen LogP contribution in [0.25, 0.3) is 0 Å². The van der Waals surface area contributed by atoms with Crippen molar-refractivity contribution in [2.45, 2.75) is 20.4 Å². The van der Waals surface area contributed by atoms with Crippen molar-refractivity contribution < 1.29 is 4.79 Å². The smallest absolute Gasteiger partial charge is 0.251 e. The van der Waals surface area contributed by atoms with Gasteiger partial charge in [0.2, 0.25) is 0 Å². The standard InChI is InChI=1S/C16H18N2O/c1-11-6-8-13(9-7-11)10-18-16(19)14-4-3-5-15(17)12(14)2/h3-9H,10,17H2,1-2H3,(H,18,19). The van der Waals surface area contributed by atoms with E-state index in [0.717, 1.165) is 11.1 Å². The van der Waals surface area contributed by atoms with Crippen LogP contribution in [0.3, 0.4) is 0 Å². The van der Waals surface area contributed by atoms with E-state index in [-0.39, 0.29) is 5.91 Å². The molecule has 1 amide bonds. The van der Waals surface area contributed by atoms with Gasteiger partial charge in [-0.3, -0.25) is 4.79 Å². The van der Waals surface area contributed by atoms with E-state index in [2.05, 4.69) is 5.32 Å². The fraction of sp³-hybridized carbons (Fsp3) is 0.188. The molecule has 0 spiro atoms. The molecule has 3 heteroatoms. The molecule has 19 heavy (non-hydrogen) atoms. The number of nitrogens with two attached hydrogens (primary N) is 1. The van der Waals surface area contributed by atoms with Gasteiger partial charge < -0.3 is 11.1 Å². The molecule has 0 unspecified atom stereocenters. The predicted molar refractivity (Wildman–Crippen MR) is 77.9 cm³/mol. The van der Waals surface area contributed by atoms with E-state index in [1.165, 1.54) is 5.56 Å². The van der Waals surface area contributed by atoms with Crippen molar-refractivity contribution in [3.05, 3.63) is 64.7 Å². The molecule has 2 rings (SSSR count). The zero-order valence-electron chi connectivity index (χ0n) is 11.2. The number of hydrogen-bond donors (Lipinski definition) is 2. The first kappa shape index (κ1) is 13.1. The maximum absolute atomic E-state index is 12.1. The van der Waals surface area contributed by atoms with Crippen molar-refractivity contribution in [3.8, 4) is 0 Å². The van der Waals surface area contributed by atoms with Gasteiger partial charge in [0.15, 0.2) is 0 Å². The zero-order valence-corrected chi connectivity index (χ0v) is 11.2. The first-order chi connectivity index (χ1) is 9.08. The number of aryl methyl sites for hydroxylation is 1. The van der Waals surface area contributed by atoms with Crippen molar-refractivity contribution in [3.63, 3.8) is 0 Å². The number of nitrogen functional groups attached to an aromatic ring is 1. The zero-order chi connectivity index (χ0) is 13.8. The van der Waals surface area contributed by atoms with Crippen LogP contribution in [-0.4, -0.2) is 5.91 Å². The normalized spacial score (nSPS) is 10.2. The summed E-state index contributed by atoms with van der Waals surface area (Å²) in [6.45, 7) is 4.42. The highest BCUT2D eigenvalue weighted by atomic mass is 16.1. The van der Waals surface area contributed by atoms with E-state index in [4.69, 9.17) is 5.73 Å². The van der Waals surface area contributed by atoms with Gasteiger partial charge in [0, 0.05) is 17.8 Å². The second-order valence-corrected chi connectivity index (χ2v) is 4.69. The molecular weight excluding hydrogens is 236 g/mol. The van der Waals surface area contributed by atoms with Crippen molar-refractivity contribution in [2.24, 2.45) is 0 Å². The van der Waals surface area contributed by atoms with Crippen molar-refractivity contribution in [2.75, 3.05) is 5.73 Å². The van der Waals surface area contributed by atoms with Crippen LogP contribution in [0.2, 0.25) is 0 Å². The summed E-state index contributed by atoms with van der Waals surface area (Å²) in [7, 11) is 0. The average Bonchev–Trinajstić information content (AvgIpc) is 2.41. The van der Waals surface area contributed by atoms with Gasteiger partial charge in [-0.25, -0.2) is 0 Å². The highest BCUT2D eigenvalue weighted by molar-refractivity contribution is 5.96. The number of carbonyl (C=O) groups excluding carboxylic acids is 1. The lowest BCUT2D eigenvalue weighted by Crippen LogP contribution is -2.23. The SMILES string of the molecule is Cc1ccc(CNC(=O)c2cccc(N)c2C)cc1. The molecular formula is C16H18N2O. The fourth-order valence-electron chi connectivity index (χ4n) is 1.88. The molecule has 2 aromatic rings. The second-order valence-electron chi connectivity index (χ2n) is 4.69. The molecule has 0 bridgehead atoms. The van der Waals surface area contributed by atoms with Crippen LogP contribution in [-0.2, 0) is 6.54 Å². The van der Waals surface area contributed by atoms with Gasteiger partial charge in [-0.15, -0.1) is 0 Å². The number of anilines is 1. The number of amides is 1. The Bertz CT molecular complexity index is 588. The maximum Gasteiger partial charge on any atom is 0.251 e. The van der Waals surface area contributed by atoms with E-state index in [0.29, 0.717) is 17.8 Å². The lowest BCUT2D eigenvalue weighted by atomic mass is 10.1. The maximum atomic E-state index is 12.1. The Morgan fingerprint density at radius 1 is 1.11 bits per heavy atom. The molecule has 0 aliphatic rings. The lowest BCUT2D eigenvalue weighted by Gasteiger charge is -2.09. The molecule has 0 radical (unpaired) electrons. The summed E-state index contributed by atoms with van der Waals surface area (Å²) >= 11 is 0. The molecule has 0 fully saturated rings. The molecule has 0 aromatic heterocycles. The molecule has 0 saturated heterocycles. The van der Waals surface area contributed by atoms with E-state index in [9.17, 15) is 4.79 Å². The molecule has 0 aliphatic carbocycles. The lowest BCUT2D eigenvalue weighted by molar-refractivity contribution is 0.0950. The quantitative estimate of drug-likeness (QED) is 0.827. The Kier molecular flexibility index (Phi) is 3.85. The van der Waals surface area contributed by atoms with Crippen LogP contribution in [0.1, 0.15) is 27.0 Å². The Morgan fingerprint density at radius 2 is 1.79 bits per heavy atom. The third kappa shape index (κ3) is 3.13. The van der Waals surface area contributed by atoms with Crippen molar-refractivity contribution >= 4 is 11.6 Å². The average molecular weight is 254 g/mol. The number of carbonyl (C=O) groups is 1. The van der Waals surface area contributed by atoms with Crippen LogP contribution < -0.4 is 11.1 Å². The monoisotopic (exact) mass is 254 g/mol. The van der Waals surface area contributed by atoms with Crippen molar-refractivity contribution in [1.29, 1.82) is 0 Å². The van der Waals surface area contributed by atoms with E-state index in [1.807, 2.05) is 38.1 Å². The van der Waals surface area contributed by atoms with Gasteiger partial charge in [0.05, 0.1) is 0 Å².